The molecule has 1 aliphatic heterocycles. The van der Waals surface area contributed by atoms with Crippen molar-refractivity contribution in [2.45, 2.75) is 49.8 Å². The molecule has 45 heavy (non-hydrogen) atoms. The minimum Gasteiger partial charge on any atom is -0.368 e. The van der Waals surface area contributed by atoms with Gasteiger partial charge in [0.05, 0.1) is 24.9 Å². The summed E-state index contributed by atoms with van der Waals surface area (Å²) in [5.74, 6) is -4.18. The highest BCUT2D eigenvalue weighted by Gasteiger charge is 2.35. The third kappa shape index (κ3) is 14.7. The van der Waals surface area contributed by atoms with Crippen LogP contribution in [0.5, 0.6) is 0 Å². The van der Waals surface area contributed by atoms with Crippen molar-refractivity contribution in [3.8, 4) is 0 Å². The van der Waals surface area contributed by atoms with E-state index in [0.717, 1.165) is 5.56 Å². The lowest BCUT2D eigenvalue weighted by Crippen LogP contribution is -2.52. The van der Waals surface area contributed by atoms with Crippen LogP contribution in [0.1, 0.15) is 37.7 Å². The number of nitrogens with zero attached hydrogens (tertiary/aromatic N) is 1. The molecule has 0 aliphatic carbocycles. The highest BCUT2D eigenvalue weighted by Crippen LogP contribution is 2.18. The summed E-state index contributed by atoms with van der Waals surface area (Å²) in [7, 11) is 0. The molecule has 1 saturated heterocycles. The molecule has 2 rings (SSSR count). The third-order valence-corrected chi connectivity index (χ3v) is 6.77. The summed E-state index contributed by atoms with van der Waals surface area (Å²) < 4.78 is 4.82. The quantitative estimate of drug-likeness (QED) is 0.0335. The molecule has 17 heteroatoms. The number of benzene rings is 1. The summed E-state index contributed by atoms with van der Waals surface area (Å²) in [5, 5.41) is 11.5. The number of amides is 8. The van der Waals surface area contributed by atoms with E-state index in [1.54, 1.807) is 30.3 Å². The Balaban J connectivity index is 1.69. The molecule has 246 valence electrons. The van der Waals surface area contributed by atoms with Gasteiger partial charge in [-0.1, -0.05) is 36.8 Å². The van der Waals surface area contributed by atoms with Gasteiger partial charge in [-0.3, -0.25) is 43.3 Å². The number of nitrogens with one attached hydrogen (secondary N) is 5. The number of hydrogen-bond donors (Lipinski definition) is 7. The van der Waals surface area contributed by atoms with Gasteiger partial charge in [-0.15, -0.1) is 0 Å². The van der Waals surface area contributed by atoms with Gasteiger partial charge >= 0.3 is 0 Å². The molecule has 0 radical (unpaired) electrons. The summed E-state index contributed by atoms with van der Waals surface area (Å²) in [6, 6.07) is 7.75. The first-order chi connectivity index (χ1) is 21.5. The topological polar surface area (TPSA) is 235 Å². The van der Waals surface area contributed by atoms with Gasteiger partial charge in [0, 0.05) is 25.8 Å². The number of imide groups is 1. The van der Waals surface area contributed by atoms with Gasteiger partial charge < -0.3 is 37.1 Å². The number of rotatable bonds is 20. The Labute approximate surface area is 265 Å². The van der Waals surface area contributed by atoms with Crippen molar-refractivity contribution in [1.29, 1.82) is 0 Å². The average molecular weight is 650 g/mol. The zero-order chi connectivity index (χ0) is 33.2. The predicted octanol–water partition coefficient (Wildman–Crippen LogP) is -2.74. The molecular formula is C28H39N7O9S. The van der Waals surface area contributed by atoms with Crippen molar-refractivity contribution in [1.82, 2.24) is 31.5 Å². The fourth-order valence-electron chi connectivity index (χ4n) is 4.08. The molecule has 0 bridgehead atoms. The van der Waals surface area contributed by atoms with E-state index in [-0.39, 0.29) is 63.4 Å². The zero-order valence-corrected chi connectivity index (χ0v) is 25.6. The van der Waals surface area contributed by atoms with Crippen molar-refractivity contribution in [3.05, 3.63) is 35.9 Å². The van der Waals surface area contributed by atoms with Crippen LogP contribution in [0.2, 0.25) is 0 Å². The van der Waals surface area contributed by atoms with Crippen LogP contribution >= 0.6 is 12.6 Å². The van der Waals surface area contributed by atoms with E-state index in [9.17, 15) is 38.4 Å². The summed E-state index contributed by atoms with van der Waals surface area (Å²) in [6.07, 6.45) is 1.97. The maximum Gasteiger partial charge on any atom is 0.243 e. The number of hydrogen-bond acceptors (Lipinski definition) is 10. The summed E-state index contributed by atoms with van der Waals surface area (Å²) in [4.78, 5) is 96.9. The van der Waals surface area contributed by atoms with Crippen LogP contribution in [-0.4, -0.2) is 103 Å². The van der Waals surface area contributed by atoms with Crippen LogP contribution < -0.4 is 32.3 Å². The van der Waals surface area contributed by atoms with Crippen LogP contribution in [-0.2, 0) is 49.5 Å². The number of nitrogens with two attached hydrogens (primary N) is 1. The predicted molar refractivity (Wildman–Crippen MR) is 162 cm³/mol. The maximum absolute atomic E-state index is 12.8. The fraction of sp³-hybridized carbons (Fsp3) is 0.500. The van der Waals surface area contributed by atoms with Gasteiger partial charge in [-0.05, 0) is 18.4 Å². The number of thiol groups is 1. The van der Waals surface area contributed by atoms with Crippen LogP contribution in [0, 0.1) is 0 Å². The molecule has 0 spiro atoms. The Hall–Kier alpha value is -4.51. The first kappa shape index (κ1) is 36.7. The minimum absolute atomic E-state index is 0.0942. The summed E-state index contributed by atoms with van der Waals surface area (Å²) in [5.41, 5.74) is 5.67. The lowest BCUT2D eigenvalue weighted by atomic mass is 10.1. The van der Waals surface area contributed by atoms with Gasteiger partial charge in [0.15, 0.2) is 0 Å². The van der Waals surface area contributed by atoms with E-state index in [1.165, 1.54) is 4.90 Å². The largest absolute Gasteiger partial charge is 0.368 e. The van der Waals surface area contributed by atoms with Gasteiger partial charge in [-0.2, -0.15) is 12.6 Å². The number of unbranched alkanes of at least 4 members (excludes halogenated alkanes) is 2. The fourth-order valence-corrected chi connectivity index (χ4v) is 4.38. The van der Waals surface area contributed by atoms with Crippen molar-refractivity contribution in [2.75, 3.05) is 39.5 Å². The van der Waals surface area contributed by atoms with E-state index < -0.39 is 53.9 Å². The molecule has 2 atom stereocenters. The SMILES string of the molecule is NC(=O)COCNC(=O)CNC(=O)[C@H](Cc1ccccc1)NC(=O)CNC(=O)CNC(=O)CCCCCN1C(=O)CC(S)C1=O. The van der Waals surface area contributed by atoms with E-state index in [4.69, 9.17) is 10.5 Å². The Morgan fingerprint density at radius 2 is 1.51 bits per heavy atom. The number of carbonyl (C=O) groups excluding carboxylic acids is 8. The third-order valence-electron chi connectivity index (χ3n) is 6.37. The number of primary amides is 1. The van der Waals surface area contributed by atoms with Crippen LogP contribution in [0.3, 0.4) is 0 Å². The molecule has 1 aromatic carbocycles. The average Bonchev–Trinajstić information content (AvgIpc) is 3.25. The van der Waals surface area contributed by atoms with Crippen molar-refractivity contribution in [3.63, 3.8) is 0 Å². The number of likely N-dealkylation sites (tertiary alicyclic amines) is 1. The maximum atomic E-state index is 12.8. The Kier molecular flexibility index (Phi) is 16.1. The standard InChI is InChI=1S/C28H39N7O9S/c29-21(36)16-44-17-33-24(39)14-32-27(42)19(11-18-7-3-1-4-8-18)34-25(40)15-31-23(38)13-30-22(37)9-5-2-6-10-35-26(41)12-20(45)28(35)43/h1,3-4,7-8,19-20,45H,2,5-6,9-17H2,(H2,29,36)(H,30,37)(H,31,38)(H,32,42)(H,33,39)(H,34,40)/t19-,20?/m0/s1. The zero-order valence-electron chi connectivity index (χ0n) is 24.7. The van der Waals surface area contributed by atoms with Gasteiger partial charge in [-0.25, -0.2) is 0 Å². The molecule has 0 saturated carbocycles. The van der Waals surface area contributed by atoms with E-state index in [0.29, 0.717) is 19.3 Å². The van der Waals surface area contributed by atoms with E-state index in [1.807, 2.05) is 0 Å². The summed E-state index contributed by atoms with van der Waals surface area (Å²) >= 11 is 4.07. The lowest BCUT2D eigenvalue weighted by molar-refractivity contribution is -0.138. The lowest BCUT2D eigenvalue weighted by Gasteiger charge is -2.19. The van der Waals surface area contributed by atoms with Crippen molar-refractivity contribution < 1.29 is 43.1 Å². The molecule has 1 unspecified atom stereocenters. The molecule has 1 heterocycles. The monoisotopic (exact) mass is 649 g/mol. The second-order valence-corrected chi connectivity index (χ2v) is 10.7. The van der Waals surface area contributed by atoms with Gasteiger partial charge in [0.2, 0.25) is 47.3 Å². The molecule has 0 aromatic heterocycles. The second-order valence-electron chi connectivity index (χ2n) is 10.1. The molecule has 8 amide bonds. The molecule has 1 fully saturated rings. The highest BCUT2D eigenvalue weighted by molar-refractivity contribution is 7.81. The van der Waals surface area contributed by atoms with E-state index in [2.05, 4.69) is 39.2 Å². The van der Waals surface area contributed by atoms with Crippen molar-refractivity contribution >= 4 is 59.9 Å². The Morgan fingerprint density at radius 1 is 0.867 bits per heavy atom. The van der Waals surface area contributed by atoms with E-state index >= 15 is 0 Å². The number of ether oxygens (including phenoxy) is 1. The minimum atomic E-state index is -1.07. The van der Waals surface area contributed by atoms with Crippen LogP contribution in [0.4, 0.5) is 0 Å². The summed E-state index contributed by atoms with van der Waals surface area (Å²) in [6.45, 7) is -1.65. The normalized spacial score (nSPS) is 14.8. The first-order valence-corrected chi connectivity index (χ1v) is 14.8. The Morgan fingerprint density at radius 3 is 2.18 bits per heavy atom. The molecule has 1 aliphatic rings. The van der Waals surface area contributed by atoms with Crippen LogP contribution in [0.15, 0.2) is 30.3 Å². The number of carbonyl (C=O) groups is 8. The second kappa shape index (κ2) is 19.7. The van der Waals surface area contributed by atoms with Crippen molar-refractivity contribution in [2.24, 2.45) is 5.73 Å². The molecular weight excluding hydrogens is 610 g/mol. The molecule has 16 nitrogen and oxygen atoms in total. The Bertz CT molecular complexity index is 1230. The van der Waals surface area contributed by atoms with Crippen LogP contribution in [0.25, 0.3) is 0 Å². The van der Waals surface area contributed by atoms with Gasteiger partial charge in [0.25, 0.3) is 0 Å². The highest BCUT2D eigenvalue weighted by atomic mass is 32.1. The molecule has 7 N–H and O–H groups in total. The first-order valence-electron chi connectivity index (χ1n) is 14.3. The van der Waals surface area contributed by atoms with Gasteiger partial charge in [0.1, 0.15) is 19.4 Å². The smallest absolute Gasteiger partial charge is 0.243 e. The molecule has 1 aromatic rings.